The van der Waals surface area contributed by atoms with E-state index >= 15 is 0 Å². The molecule has 0 unspecified atom stereocenters. The standard InChI is InChI=1S/C16H20F2N2O3/c1-11-6-8-20(9-7-11)14(21)10-19-15(22)12-2-4-13(5-3-12)23-16(17)18/h2-5,11,16H,6-10H2,1H3,(H,19,22). The Bertz CT molecular complexity index is 541. The lowest BCUT2D eigenvalue weighted by molar-refractivity contribution is -0.131. The largest absolute Gasteiger partial charge is 0.435 e. The highest BCUT2D eigenvalue weighted by molar-refractivity contribution is 5.96. The lowest BCUT2D eigenvalue weighted by Crippen LogP contribution is -2.43. The maximum atomic E-state index is 12.0. The van der Waals surface area contributed by atoms with E-state index in [0.29, 0.717) is 5.92 Å². The fourth-order valence-corrected chi connectivity index (χ4v) is 2.42. The van der Waals surface area contributed by atoms with E-state index in [1.807, 2.05) is 0 Å². The Morgan fingerprint density at radius 1 is 1.26 bits per heavy atom. The fraction of sp³-hybridized carbons (Fsp3) is 0.500. The maximum absolute atomic E-state index is 12.0. The van der Waals surface area contributed by atoms with E-state index in [1.165, 1.54) is 24.3 Å². The molecule has 5 nitrogen and oxygen atoms in total. The molecule has 1 saturated heterocycles. The van der Waals surface area contributed by atoms with Gasteiger partial charge in [-0.15, -0.1) is 0 Å². The lowest BCUT2D eigenvalue weighted by Gasteiger charge is -2.30. The summed E-state index contributed by atoms with van der Waals surface area (Å²) in [6.45, 7) is 0.623. The van der Waals surface area contributed by atoms with Crippen LogP contribution in [0.2, 0.25) is 0 Å². The van der Waals surface area contributed by atoms with Gasteiger partial charge in [-0.05, 0) is 43.0 Å². The van der Waals surface area contributed by atoms with E-state index < -0.39 is 12.5 Å². The number of nitrogens with one attached hydrogen (secondary N) is 1. The number of benzene rings is 1. The molecular weight excluding hydrogens is 306 g/mol. The number of nitrogens with zero attached hydrogens (tertiary/aromatic N) is 1. The first-order valence-corrected chi connectivity index (χ1v) is 7.56. The Balaban J connectivity index is 1.81. The molecule has 1 aliphatic rings. The van der Waals surface area contributed by atoms with Crippen molar-refractivity contribution in [1.29, 1.82) is 0 Å². The van der Waals surface area contributed by atoms with E-state index in [1.54, 1.807) is 4.90 Å². The second-order valence-corrected chi connectivity index (χ2v) is 5.65. The maximum Gasteiger partial charge on any atom is 0.387 e. The van der Waals surface area contributed by atoms with Crippen molar-refractivity contribution >= 4 is 11.8 Å². The summed E-state index contributed by atoms with van der Waals surface area (Å²) in [5, 5.41) is 2.55. The molecule has 0 saturated carbocycles. The molecule has 7 heteroatoms. The predicted molar refractivity (Wildman–Crippen MR) is 80.4 cm³/mol. The summed E-state index contributed by atoms with van der Waals surface area (Å²) in [6.07, 6.45) is 1.95. The van der Waals surface area contributed by atoms with Gasteiger partial charge in [0.1, 0.15) is 5.75 Å². The quantitative estimate of drug-likeness (QED) is 0.903. The zero-order chi connectivity index (χ0) is 16.8. The number of piperidine rings is 1. The molecule has 0 spiro atoms. The molecule has 1 heterocycles. The Kier molecular flexibility index (Phi) is 5.90. The SMILES string of the molecule is CC1CCN(C(=O)CNC(=O)c2ccc(OC(F)F)cc2)CC1. The van der Waals surface area contributed by atoms with Crippen molar-refractivity contribution in [3.8, 4) is 5.75 Å². The number of hydrogen-bond acceptors (Lipinski definition) is 3. The molecule has 0 atom stereocenters. The third kappa shape index (κ3) is 5.19. The number of hydrogen-bond donors (Lipinski definition) is 1. The van der Waals surface area contributed by atoms with Gasteiger partial charge in [-0.1, -0.05) is 6.92 Å². The highest BCUT2D eigenvalue weighted by Crippen LogP contribution is 2.16. The predicted octanol–water partition coefficient (Wildman–Crippen LogP) is 2.28. The minimum absolute atomic E-state index is 0.0185. The molecule has 1 fully saturated rings. The second-order valence-electron chi connectivity index (χ2n) is 5.65. The van der Waals surface area contributed by atoms with Gasteiger partial charge < -0.3 is 15.0 Å². The van der Waals surface area contributed by atoms with Crippen LogP contribution in [0.4, 0.5) is 8.78 Å². The molecule has 1 aromatic carbocycles. The molecule has 1 aliphatic heterocycles. The van der Waals surface area contributed by atoms with E-state index in [4.69, 9.17) is 0 Å². The summed E-state index contributed by atoms with van der Waals surface area (Å²) in [5.41, 5.74) is 0.284. The average molecular weight is 326 g/mol. The van der Waals surface area contributed by atoms with Crippen molar-refractivity contribution in [3.05, 3.63) is 29.8 Å². The van der Waals surface area contributed by atoms with Crippen LogP contribution in [0.1, 0.15) is 30.1 Å². The van der Waals surface area contributed by atoms with Crippen LogP contribution in [0.3, 0.4) is 0 Å². The van der Waals surface area contributed by atoms with Gasteiger partial charge in [-0.3, -0.25) is 9.59 Å². The first kappa shape index (κ1) is 17.2. The van der Waals surface area contributed by atoms with Crippen LogP contribution in [-0.2, 0) is 4.79 Å². The molecule has 0 aromatic heterocycles. The van der Waals surface area contributed by atoms with Gasteiger partial charge in [0, 0.05) is 18.7 Å². The highest BCUT2D eigenvalue weighted by Gasteiger charge is 2.20. The van der Waals surface area contributed by atoms with Crippen LogP contribution in [0.5, 0.6) is 5.75 Å². The number of ether oxygens (including phenoxy) is 1. The number of rotatable bonds is 5. The summed E-state index contributed by atoms with van der Waals surface area (Å²) in [7, 11) is 0. The Labute approximate surface area is 133 Å². The number of halogens is 2. The first-order chi connectivity index (χ1) is 11.0. The van der Waals surface area contributed by atoms with Crippen LogP contribution >= 0.6 is 0 Å². The summed E-state index contributed by atoms with van der Waals surface area (Å²) in [5.74, 6) is 0.0768. The van der Waals surface area contributed by atoms with E-state index in [-0.39, 0.29) is 23.8 Å². The topological polar surface area (TPSA) is 58.6 Å². The smallest absolute Gasteiger partial charge is 0.387 e. The summed E-state index contributed by atoms with van der Waals surface area (Å²) in [4.78, 5) is 25.7. The number of alkyl halides is 2. The number of carbonyl (C=O) groups excluding carboxylic acids is 2. The summed E-state index contributed by atoms with van der Waals surface area (Å²) >= 11 is 0. The van der Waals surface area contributed by atoms with Crippen molar-refractivity contribution in [1.82, 2.24) is 10.2 Å². The van der Waals surface area contributed by atoms with Crippen LogP contribution in [0, 0.1) is 5.92 Å². The molecular formula is C16H20F2N2O3. The number of amides is 2. The molecule has 126 valence electrons. The highest BCUT2D eigenvalue weighted by atomic mass is 19.3. The van der Waals surface area contributed by atoms with Gasteiger partial charge in [-0.25, -0.2) is 0 Å². The van der Waals surface area contributed by atoms with E-state index in [0.717, 1.165) is 25.9 Å². The van der Waals surface area contributed by atoms with Crippen molar-refractivity contribution in [2.75, 3.05) is 19.6 Å². The molecule has 2 amide bonds. The van der Waals surface area contributed by atoms with Gasteiger partial charge in [-0.2, -0.15) is 8.78 Å². The summed E-state index contributed by atoms with van der Waals surface area (Å²) < 4.78 is 28.3. The third-order valence-corrected chi connectivity index (χ3v) is 3.88. The average Bonchev–Trinajstić information content (AvgIpc) is 2.53. The summed E-state index contributed by atoms with van der Waals surface area (Å²) in [6, 6.07) is 5.32. The Morgan fingerprint density at radius 2 is 1.87 bits per heavy atom. The Hall–Kier alpha value is -2.18. The van der Waals surface area contributed by atoms with Crippen molar-refractivity contribution in [2.24, 2.45) is 5.92 Å². The number of carbonyl (C=O) groups is 2. The zero-order valence-electron chi connectivity index (χ0n) is 12.9. The van der Waals surface area contributed by atoms with Gasteiger partial charge in [0.05, 0.1) is 6.54 Å². The van der Waals surface area contributed by atoms with E-state index in [9.17, 15) is 18.4 Å². The molecule has 1 N–H and O–H groups in total. The first-order valence-electron chi connectivity index (χ1n) is 7.56. The fourth-order valence-electron chi connectivity index (χ4n) is 2.42. The number of likely N-dealkylation sites (tertiary alicyclic amines) is 1. The Morgan fingerprint density at radius 3 is 2.43 bits per heavy atom. The second kappa shape index (κ2) is 7.89. The van der Waals surface area contributed by atoms with Gasteiger partial charge in [0.15, 0.2) is 0 Å². The molecule has 2 rings (SSSR count). The lowest BCUT2D eigenvalue weighted by atomic mass is 9.99. The zero-order valence-corrected chi connectivity index (χ0v) is 12.9. The monoisotopic (exact) mass is 326 g/mol. The van der Waals surface area contributed by atoms with Crippen LogP contribution in [0.15, 0.2) is 24.3 Å². The van der Waals surface area contributed by atoms with Crippen molar-refractivity contribution in [3.63, 3.8) is 0 Å². The molecule has 0 aliphatic carbocycles. The van der Waals surface area contributed by atoms with Gasteiger partial charge >= 0.3 is 6.61 Å². The van der Waals surface area contributed by atoms with Crippen LogP contribution < -0.4 is 10.1 Å². The molecule has 0 bridgehead atoms. The van der Waals surface area contributed by atoms with Gasteiger partial charge in [0.2, 0.25) is 5.91 Å². The van der Waals surface area contributed by atoms with Crippen LogP contribution in [0.25, 0.3) is 0 Å². The minimum Gasteiger partial charge on any atom is -0.435 e. The minimum atomic E-state index is -2.90. The van der Waals surface area contributed by atoms with Gasteiger partial charge in [0.25, 0.3) is 5.91 Å². The third-order valence-electron chi connectivity index (χ3n) is 3.88. The van der Waals surface area contributed by atoms with Crippen molar-refractivity contribution < 1.29 is 23.1 Å². The van der Waals surface area contributed by atoms with Crippen molar-refractivity contribution in [2.45, 2.75) is 26.4 Å². The molecule has 0 radical (unpaired) electrons. The van der Waals surface area contributed by atoms with Crippen LogP contribution in [-0.4, -0.2) is 43.0 Å². The molecule has 23 heavy (non-hydrogen) atoms. The van der Waals surface area contributed by atoms with E-state index in [2.05, 4.69) is 17.0 Å². The normalized spacial score (nSPS) is 15.6. The molecule has 1 aromatic rings.